The Balaban J connectivity index is 2.50. The quantitative estimate of drug-likeness (QED) is 0.622. The topological polar surface area (TPSA) is 0 Å². The lowest BCUT2D eigenvalue weighted by atomic mass is 9.83. The van der Waals surface area contributed by atoms with E-state index in [9.17, 15) is 0 Å². The molecule has 0 saturated carbocycles. The van der Waals surface area contributed by atoms with Gasteiger partial charge in [0.2, 0.25) is 0 Å². The first-order valence-corrected chi connectivity index (χ1v) is 6.97. The van der Waals surface area contributed by atoms with Gasteiger partial charge in [-0.3, -0.25) is 0 Å². The summed E-state index contributed by atoms with van der Waals surface area (Å²) in [4.78, 5) is 0. The Morgan fingerprint density at radius 1 is 0.684 bits per heavy atom. The van der Waals surface area contributed by atoms with Crippen LogP contribution in [0.25, 0.3) is 11.1 Å². The Kier molecular flexibility index (Phi) is 3.54. The largest absolute Gasteiger partial charge is 0.0576 e. The molecule has 0 heterocycles. The molecule has 2 aromatic carbocycles. The maximum atomic E-state index is 2.31. The Labute approximate surface area is 117 Å². The summed E-state index contributed by atoms with van der Waals surface area (Å²) in [5.41, 5.74) is 8.31. The third kappa shape index (κ3) is 3.07. The van der Waals surface area contributed by atoms with Crippen LogP contribution >= 0.6 is 0 Å². The van der Waals surface area contributed by atoms with E-state index in [2.05, 4.69) is 77.9 Å². The fourth-order valence-corrected chi connectivity index (χ4v) is 2.83. The van der Waals surface area contributed by atoms with Crippen LogP contribution in [0.1, 0.15) is 43.0 Å². The molecular weight excluding hydrogens is 228 g/mol. The van der Waals surface area contributed by atoms with E-state index in [0.717, 1.165) is 0 Å². The van der Waals surface area contributed by atoms with Crippen molar-refractivity contribution in [1.82, 2.24) is 0 Å². The van der Waals surface area contributed by atoms with Crippen LogP contribution in [0, 0.1) is 20.8 Å². The van der Waals surface area contributed by atoms with Crippen molar-refractivity contribution in [2.45, 2.75) is 47.0 Å². The summed E-state index contributed by atoms with van der Waals surface area (Å²) in [5, 5.41) is 0. The van der Waals surface area contributed by atoms with Gasteiger partial charge in [-0.1, -0.05) is 68.3 Å². The molecule has 19 heavy (non-hydrogen) atoms. The van der Waals surface area contributed by atoms with E-state index in [-0.39, 0.29) is 5.41 Å². The molecule has 0 amide bonds. The number of rotatable bonds is 1. The fraction of sp³-hybridized carbons (Fsp3) is 0.368. The molecule has 0 aliphatic carbocycles. The van der Waals surface area contributed by atoms with E-state index in [1.807, 2.05) is 0 Å². The van der Waals surface area contributed by atoms with Gasteiger partial charge in [-0.05, 0) is 48.4 Å². The average molecular weight is 252 g/mol. The lowest BCUT2D eigenvalue weighted by Gasteiger charge is -2.22. The Bertz CT molecular complexity index is 578. The summed E-state index contributed by atoms with van der Waals surface area (Å²) in [6.07, 6.45) is 0. The minimum absolute atomic E-state index is 0.213. The van der Waals surface area contributed by atoms with Gasteiger partial charge in [-0.25, -0.2) is 0 Å². The van der Waals surface area contributed by atoms with Gasteiger partial charge in [0.25, 0.3) is 0 Å². The minimum atomic E-state index is 0.213. The smallest absolute Gasteiger partial charge is 0.0129 e. The van der Waals surface area contributed by atoms with Crippen molar-refractivity contribution in [3.05, 3.63) is 58.7 Å². The first kappa shape index (κ1) is 13.9. The van der Waals surface area contributed by atoms with Gasteiger partial charge >= 0.3 is 0 Å². The third-order valence-electron chi connectivity index (χ3n) is 3.59. The van der Waals surface area contributed by atoms with Gasteiger partial charge < -0.3 is 0 Å². The summed E-state index contributed by atoms with van der Waals surface area (Å²) in [7, 11) is 0. The molecule has 0 aromatic heterocycles. The lowest BCUT2D eigenvalue weighted by molar-refractivity contribution is 0.586. The molecule has 0 N–H and O–H groups in total. The summed E-state index contributed by atoms with van der Waals surface area (Å²) in [6.45, 7) is 13.3. The first-order valence-electron chi connectivity index (χ1n) is 6.97. The first-order chi connectivity index (χ1) is 8.77. The number of hydrogen-bond donors (Lipinski definition) is 0. The Morgan fingerprint density at radius 3 is 1.74 bits per heavy atom. The van der Waals surface area contributed by atoms with Crippen LogP contribution < -0.4 is 0 Å². The van der Waals surface area contributed by atoms with E-state index in [0.29, 0.717) is 0 Å². The highest BCUT2D eigenvalue weighted by atomic mass is 14.2. The van der Waals surface area contributed by atoms with Crippen LogP contribution in [0.3, 0.4) is 0 Å². The van der Waals surface area contributed by atoms with Crippen LogP contribution in [0.2, 0.25) is 0 Å². The molecule has 0 heteroatoms. The highest BCUT2D eigenvalue weighted by Crippen LogP contribution is 2.30. The van der Waals surface area contributed by atoms with Crippen molar-refractivity contribution in [3.8, 4) is 11.1 Å². The molecular formula is C19H24. The zero-order chi connectivity index (χ0) is 14.2. The van der Waals surface area contributed by atoms with E-state index >= 15 is 0 Å². The minimum Gasteiger partial charge on any atom is -0.0576 e. The van der Waals surface area contributed by atoms with Crippen LogP contribution in [0.5, 0.6) is 0 Å². The summed E-state index contributed by atoms with van der Waals surface area (Å²) < 4.78 is 0. The van der Waals surface area contributed by atoms with Crippen LogP contribution in [0.15, 0.2) is 36.4 Å². The SMILES string of the molecule is Cc1cc(C)cc(-c2ccc(C(C)(C)C)c(C)c2)c1. The second-order valence-corrected chi connectivity index (χ2v) is 6.66. The molecule has 0 saturated heterocycles. The van der Waals surface area contributed by atoms with Crippen molar-refractivity contribution in [3.63, 3.8) is 0 Å². The molecule has 100 valence electrons. The van der Waals surface area contributed by atoms with E-state index in [1.54, 1.807) is 0 Å². The predicted octanol–water partition coefficient (Wildman–Crippen LogP) is 5.58. The summed E-state index contributed by atoms with van der Waals surface area (Å²) in [5.74, 6) is 0. The maximum Gasteiger partial charge on any atom is -0.0129 e. The fourth-order valence-electron chi connectivity index (χ4n) is 2.83. The highest BCUT2D eigenvalue weighted by molar-refractivity contribution is 5.66. The van der Waals surface area contributed by atoms with Gasteiger partial charge in [0, 0.05) is 0 Å². The van der Waals surface area contributed by atoms with Gasteiger partial charge in [0.1, 0.15) is 0 Å². The van der Waals surface area contributed by atoms with Crippen molar-refractivity contribution in [2.24, 2.45) is 0 Å². The molecule has 0 aliphatic heterocycles. The monoisotopic (exact) mass is 252 g/mol. The zero-order valence-corrected chi connectivity index (χ0v) is 13.0. The molecule has 0 bridgehead atoms. The molecule has 0 nitrogen and oxygen atoms in total. The number of benzene rings is 2. The maximum absolute atomic E-state index is 2.31. The van der Waals surface area contributed by atoms with Gasteiger partial charge in [0.15, 0.2) is 0 Å². The van der Waals surface area contributed by atoms with Crippen molar-refractivity contribution >= 4 is 0 Å². The standard InChI is InChI=1S/C19H24/c1-13-9-14(2)11-17(10-13)16-7-8-18(15(3)12-16)19(4,5)6/h7-12H,1-6H3. The molecule has 0 aliphatic rings. The van der Waals surface area contributed by atoms with Crippen LogP contribution in [-0.4, -0.2) is 0 Å². The Morgan fingerprint density at radius 2 is 1.26 bits per heavy atom. The third-order valence-corrected chi connectivity index (χ3v) is 3.59. The van der Waals surface area contributed by atoms with Crippen molar-refractivity contribution in [1.29, 1.82) is 0 Å². The molecule has 0 atom stereocenters. The van der Waals surface area contributed by atoms with Crippen molar-refractivity contribution < 1.29 is 0 Å². The van der Waals surface area contributed by atoms with Gasteiger partial charge in [-0.15, -0.1) is 0 Å². The Hall–Kier alpha value is -1.56. The molecule has 0 spiro atoms. The van der Waals surface area contributed by atoms with E-state index < -0.39 is 0 Å². The van der Waals surface area contributed by atoms with Crippen molar-refractivity contribution in [2.75, 3.05) is 0 Å². The second-order valence-electron chi connectivity index (χ2n) is 6.66. The molecule has 0 radical (unpaired) electrons. The number of hydrogen-bond acceptors (Lipinski definition) is 0. The van der Waals surface area contributed by atoms with Crippen LogP contribution in [-0.2, 0) is 5.41 Å². The van der Waals surface area contributed by atoms with Gasteiger partial charge in [0.05, 0.1) is 0 Å². The molecule has 0 fully saturated rings. The molecule has 0 unspecified atom stereocenters. The summed E-state index contributed by atoms with van der Waals surface area (Å²) in [6, 6.07) is 13.6. The van der Waals surface area contributed by atoms with E-state index in [1.165, 1.54) is 33.4 Å². The second kappa shape index (κ2) is 4.85. The molecule has 2 aromatic rings. The van der Waals surface area contributed by atoms with Crippen LogP contribution in [0.4, 0.5) is 0 Å². The van der Waals surface area contributed by atoms with Gasteiger partial charge in [-0.2, -0.15) is 0 Å². The average Bonchev–Trinajstić information content (AvgIpc) is 2.25. The number of aryl methyl sites for hydroxylation is 3. The molecule has 2 rings (SSSR count). The van der Waals surface area contributed by atoms with E-state index in [4.69, 9.17) is 0 Å². The lowest BCUT2D eigenvalue weighted by Crippen LogP contribution is -2.12. The highest BCUT2D eigenvalue weighted by Gasteiger charge is 2.16. The zero-order valence-electron chi connectivity index (χ0n) is 13.0. The predicted molar refractivity (Wildman–Crippen MR) is 84.8 cm³/mol. The normalized spacial score (nSPS) is 11.7. The summed E-state index contributed by atoms with van der Waals surface area (Å²) >= 11 is 0.